The second kappa shape index (κ2) is 7.21. The minimum atomic E-state index is -0.709. The minimum absolute atomic E-state index is 0.142. The van der Waals surface area contributed by atoms with Gasteiger partial charge >= 0.3 is 0 Å². The first-order valence-electron chi connectivity index (χ1n) is 8.91. The van der Waals surface area contributed by atoms with Crippen LogP contribution in [0.2, 0.25) is 0 Å². The molecule has 0 spiro atoms. The van der Waals surface area contributed by atoms with E-state index in [-0.39, 0.29) is 11.8 Å². The number of hydrogen-bond acceptors (Lipinski definition) is 5. The zero-order chi connectivity index (χ0) is 18.8. The van der Waals surface area contributed by atoms with Gasteiger partial charge in [0.15, 0.2) is 5.78 Å². The van der Waals surface area contributed by atoms with Gasteiger partial charge in [0.2, 0.25) is 0 Å². The molecule has 0 bridgehead atoms. The van der Waals surface area contributed by atoms with Gasteiger partial charge < -0.3 is 15.1 Å². The third kappa shape index (κ3) is 3.17. The molecule has 136 valence electrons. The number of para-hydroxylation sites is 1. The van der Waals surface area contributed by atoms with Gasteiger partial charge in [-0.3, -0.25) is 9.79 Å². The lowest BCUT2D eigenvalue weighted by Gasteiger charge is -2.32. The summed E-state index contributed by atoms with van der Waals surface area (Å²) < 4.78 is 5.04. The largest absolute Gasteiger partial charge is 0.472 e. The van der Waals surface area contributed by atoms with Crippen LogP contribution in [0.15, 0.2) is 82.6 Å². The highest BCUT2D eigenvalue weighted by Gasteiger charge is 2.32. The van der Waals surface area contributed by atoms with Crippen molar-refractivity contribution in [2.45, 2.75) is 12.1 Å². The summed E-state index contributed by atoms with van der Waals surface area (Å²) in [4.78, 5) is 19.7. The van der Waals surface area contributed by atoms with Gasteiger partial charge in [-0.15, -0.1) is 0 Å². The van der Waals surface area contributed by atoms with Gasteiger partial charge in [0.1, 0.15) is 6.26 Å². The van der Waals surface area contributed by atoms with Crippen LogP contribution in [0.1, 0.15) is 21.5 Å². The number of ketones is 1. The third-order valence-corrected chi connectivity index (χ3v) is 5.04. The maximum absolute atomic E-state index is 12.8. The topological polar surface area (TPSA) is 71.8 Å². The first-order chi connectivity index (χ1) is 13.2. The van der Waals surface area contributed by atoms with E-state index in [9.17, 15) is 4.79 Å². The molecule has 2 unspecified atom stereocenters. The fraction of sp³-hybridized carbons (Fsp3) is 0.182. The highest BCUT2D eigenvalue weighted by molar-refractivity contribution is 6.16. The van der Waals surface area contributed by atoms with Crippen LogP contribution in [0.3, 0.4) is 0 Å². The molecule has 1 aliphatic rings. The average Bonchev–Trinajstić information content (AvgIpc) is 3.21. The average molecular weight is 359 g/mol. The Bertz CT molecular complexity index is 964. The standard InChI is InChI=1S/C22H21N3O2/c1-25-18-10-6-5-9-17(18)21(15-7-3-2-4-8-15)24-13-19(25)20(23)22(26)16-11-12-27-14-16/h2-12,14,19-20H,13,23H2,1H3. The van der Waals surface area contributed by atoms with E-state index in [4.69, 9.17) is 15.1 Å². The molecule has 5 nitrogen and oxygen atoms in total. The van der Waals surface area contributed by atoms with Crippen molar-refractivity contribution in [1.29, 1.82) is 0 Å². The number of benzodiazepines with no additional fused rings is 1. The Labute approximate surface area is 158 Å². The SMILES string of the molecule is CN1c2ccccc2C(c2ccccc2)=NCC1C(N)C(=O)c1ccoc1. The Morgan fingerprint density at radius 3 is 2.63 bits per heavy atom. The first-order valence-corrected chi connectivity index (χ1v) is 8.91. The van der Waals surface area contributed by atoms with E-state index in [0.29, 0.717) is 12.1 Å². The molecule has 0 aliphatic carbocycles. The van der Waals surface area contributed by atoms with Crippen molar-refractivity contribution in [3.05, 3.63) is 89.9 Å². The molecule has 2 N–H and O–H groups in total. The lowest BCUT2D eigenvalue weighted by Crippen LogP contribution is -2.52. The number of carbonyl (C=O) groups excluding carboxylic acids is 1. The molecule has 2 heterocycles. The van der Waals surface area contributed by atoms with E-state index in [1.807, 2.05) is 55.6 Å². The number of nitrogens with two attached hydrogens (primary N) is 1. The number of carbonyl (C=O) groups is 1. The van der Waals surface area contributed by atoms with Crippen molar-refractivity contribution in [2.75, 3.05) is 18.5 Å². The van der Waals surface area contributed by atoms with Gasteiger partial charge in [-0.2, -0.15) is 0 Å². The molecule has 0 amide bonds. The lowest BCUT2D eigenvalue weighted by molar-refractivity contribution is 0.0949. The fourth-order valence-corrected chi connectivity index (χ4v) is 3.52. The second-order valence-corrected chi connectivity index (χ2v) is 6.65. The zero-order valence-electron chi connectivity index (χ0n) is 15.1. The van der Waals surface area contributed by atoms with Gasteiger partial charge in [-0.05, 0) is 12.1 Å². The third-order valence-electron chi connectivity index (χ3n) is 5.04. The number of rotatable bonds is 4. The number of aliphatic imine (C=N–C) groups is 1. The van der Waals surface area contributed by atoms with E-state index in [2.05, 4.69) is 11.0 Å². The molecule has 0 saturated heterocycles. The Balaban J connectivity index is 1.75. The number of benzene rings is 2. The van der Waals surface area contributed by atoms with Crippen LogP contribution in [-0.2, 0) is 0 Å². The van der Waals surface area contributed by atoms with E-state index in [1.54, 1.807) is 6.07 Å². The summed E-state index contributed by atoms with van der Waals surface area (Å²) >= 11 is 0. The van der Waals surface area contributed by atoms with E-state index in [0.717, 1.165) is 22.5 Å². The molecule has 4 rings (SSSR count). The van der Waals surface area contributed by atoms with Gasteiger partial charge in [0, 0.05) is 23.9 Å². The van der Waals surface area contributed by atoms with Crippen LogP contribution in [0, 0.1) is 0 Å². The molecule has 27 heavy (non-hydrogen) atoms. The maximum Gasteiger partial charge on any atom is 0.184 e. The monoisotopic (exact) mass is 359 g/mol. The molecule has 1 aliphatic heterocycles. The molecular formula is C22H21N3O2. The predicted octanol–water partition coefficient (Wildman–Crippen LogP) is 3.15. The van der Waals surface area contributed by atoms with Crippen LogP contribution in [-0.4, -0.2) is 37.2 Å². The Hall–Kier alpha value is -3.18. The summed E-state index contributed by atoms with van der Waals surface area (Å²) in [6.07, 6.45) is 2.92. The van der Waals surface area contributed by atoms with Crippen molar-refractivity contribution in [3.8, 4) is 0 Å². The van der Waals surface area contributed by atoms with Gasteiger partial charge in [0.25, 0.3) is 0 Å². The summed E-state index contributed by atoms with van der Waals surface area (Å²) in [5, 5.41) is 0. The highest BCUT2D eigenvalue weighted by atomic mass is 16.3. The summed E-state index contributed by atoms with van der Waals surface area (Å²) in [6.45, 7) is 0.431. The van der Waals surface area contributed by atoms with E-state index in [1.165, 1.54) is 12.5 Å². The zero-order valence-corrected chi connectivity index (χ0v) is 15.1. The number of likely N-dealkylation sites (N-methyl/N-ethyl adjacent to an activating group) is 1. The number of hydrogen-bond donors (Lipinski definition) is 1. The normalized spacial score (nSPS) is 17.6. The van der Waals surface area contributed by atoms with E-state index < -0.39 is 6.04 Å². The molecule has 2 aromatic carbocycles. The molecule has 0 saturated carbocycles. The fourth-order valence-electron chi connectivity index (χ4n) is 3.52. The highest BCUT2D eigenvalue weighted by Crippen LogP contribution is 2.28. The van der Waals surface area contributed by atoms with Crippen molar-refractivity contribution < 1.29 is 9.21 Å². The molecular weight excluding hydrogens is 338 g/mol. The van der Waals surface area contributed by atoms with Crippen LogP contribution >= 0.6 is 0 Å². The van der Waals surface area contributed by atoms with Crippen molar-refractivity contribution in [3.63, 3.8) is 0 Å². The Morgan fingerprint density at radius 2 is 1.89 bits per heavy atom. The number of furan rings is 1. The number of fused-ring (bicyclic) bond motifs is 1. The van der Waals surface area contributed by atoms with Gasteiger partial charge in [0.05, 0.1) is 36.2 Å². The first kappa shape index (κ1) is 17.2. The lowest BCUT2D eigenvalue weighted by atomic mass is 9.98. The van der Waals surface area contributed by atoms with Crippen LogP contribution in [0.25, 0.3) is 0 Å². The van der Waals surface area contributed by atoms with Crippen LogP contribution in [0.4, 0.5) is 5.69 Å². The van der Waals surface area contributed by atoms with Crippen molar-refractivity contribution in [1.82, 2.24) is 0 Å². The smallest absolute Gasteiger partial charge is 0.184 e. The second-order valence-electron chi connectivity index (χ2n) is 6.65. The summed E-state index contributed by atoms with van der Waals surface area (Å²) in [5.41, 5.74) is 10.9. The van der Waals surface area contributed by atoms with Gasteiger partial charge in [-0.25, -0.2) is 0 Å². The molecule has 3 aromatic rings. The van der Waals surface area contributed by atoms with Crippen molar-refractivity contribution >= 4 is 17.2 Å². The molecule has 2 atom stereocenters. The summed E-state index contributed by atoms with van der Waals surface area (Å²) in [7, 11) is 1.97. The van der Waals surface area contributed by atoms with Gasteiger partial charge in [-0.1, -0.05) is 48.5 Å². The Morgan fingerprint density at radius 1 is 1.15 bits per heavy atom. The molecule has 0 fully saturated rings. The maximum atomic E-state index is 12.8. The van der Waals surface area contributed by atoms with Crippen molar-refractivity contribution in [2.24, 2.45) is 10.7 Å². The number of anilines is 1. The minimum Gasteiger partial charge on any atom is -0.472 e. The molecule has 1 aromatic heterocycles. The quantitative estimate of drug-likeness (QED) is 0.727. The molecule has 0 radical (unpaired) electrons. The number of nitrogens with zero attached hydrogens (tertiary/aromatic N) is 2. The Kier molecular flexibility index (Phi) is 4.60. The predicted molar refractivity (Wildman–Crippen MR) is 107 cm³/mol. The van der Waals surface area contributed by atoms with E-state index >= 15 is 0 Å². The molecule has 5 heteroatoms. The number of Topliss-reactive ketones (excluding diaryl/α,β-unsaturated/α-hetero) is 1. The van der Waals surface area contributed by atoms with Crippen LogP contribution < -0.4 is 10.6 Å². The van der Waals surface area contributed by atoms with Crippen LogP contribution in [0.5, 0.6) is 0 Å². The summed E-state index contributed by atoms with van der Waals surface area (Å²) in [5.74, 6) is -0.142. The summed E-state index contributed by atoms with van der Waals surface area (Å²) in [6, 6.07) is 18.9.